The van der Waals surface area contributed by atoms with Crippen molar-refractivity contribution in [3.8, 4) is 0 Å². The summed E-state index contributed by atoms with van der Waals surface area (Å²) in [5.74, 6) is 2.07. The quantitative estimate of drug-likeness (QED) is 0.738. The van der Waals surface area contributed by atoms with Crippen molar-refractivity contribution in [2.45, 2.75) is 89.1 Å². The van der Waals surface area contributed by atoms with Crippen LogP contribution in [0.1, 0.15) is 64.7 Å². The number of rotatable bonds is 3. The van der Waals surface area contributed by atoms with Crippen LogP contribution in [-0.4, -0.2) is 42.9 Å². The molecule has 0 radical (unpaired) electrons. The Labute approximate surface area is 181 Å². The Morgan fingerprint density at radius 1 is 1.06 bits per heavy atom. The molecule has 1 aromatic rings. The molecule has 0 saturated heterocycles. The second-order valence-electron chi connectivity index (χ2n) is 11.1. The minimum Gasteiger partial charge on any atom is -0.391 e. The highest BCUT2D eigenvalue weighted by atomic mass is 19.4. The molecule has 0 amide bonds. The maximum atomic E-state index is 13.4. The molecule has 1 unspecified atom stereocenters. The zero-order valence-electron chi connectivity index (χ0n) is 18.1. The van der Waals surface area contributed by atoms with Crippen LogP contribution in [0.3, 0.4) is 0 Å². The van der Waals surface area contributed by atoms with E-state index in [2.05, 4.69) is 17.0 Å². The minimum atomic E-state index is -4.53. The Morgan fingerprint density at radius 3 is 2.55 bits per heavy atom. The maximum Gasteiger partial charge on any atom is 0.417 e. The highest BCUT2D eigenvalue weighted by Gasteiger charge is 2.62. The van der Waals surface area contributed by atoms with E-state index in [-0.39, 0.29) is 30.1 Å². The molecule has 0 aromatic carbocycles. The van der Waals surface area contributed by atoms with E-state index in [4.69, 9.17) is 0 Å². The summed E-state index contributed by atoms with van der Waals surface area (Å²) >= 11 is 0. The SMILES string of the molecule is C[C@]12CC[C@H]3[C@@H](CC[C@@H]4C[C@@](O)(C(F)(F)F)CC[C@@H]43)[C@@H]1CC[C@@H]2C(O)Cn1cncn1. The number of fused-ring (bicyclic) bond motifs is 5. The third-order valence-corrected chi connectivity index (χ3v) is 9.92. The number of aromatic nitrogens is 3. The molecule has 8 heteroatoms. The lowest BCUT2D eigenvalue weighted by Gasteiger charge is -2.57. The van der Waals surface area contributed by atoms with Crippen molar-refractivity contribution < 1.29 is 23.4 Å². The zero-order chi connectivity index (χ0) is 22.0. The fourth-order valence-corrected chi connectivity index (χ4v) is 8.45. The van der Waals surface area contributed by atoms with Gasteiger partial charge < -0.3 is 10.2 Å². The van der Waals surface area contributed by atoms with E-state index in [1.807, 2.05) is 0 Å². The van der Waals surface area contributed by atoms with Crippen molar-refractivity contribution in [2.24, 2.45) is 40.9 Å². The number of alkyl halides is 3. The van der Waals surface area contributed by atoms with Crippen LogP contribution in [0.15, 0.2) is 12.7 Å². The summed E-state index contributed by atoms with van der Waals surface area (Å²) in [6.45, 7) is 2.80. The molecule has 174 valence electrons. The lowest BCUT2D eigenvalue weighted by Crippen LogP contribution is -2.55. The van der Waals surface area contributed by atoms with E-state index in [0.717, 1.165) is 38.5 Å². The molecule has 1 heterocycles. The van der Waals surface area contributed by atoms with Crippen LogP contribution in [0.5, 0.6) is 0 Å². The van der Waals surface area contributed by atoms with Gasteiger partial charge in [0.05, 0.1) is 12.6 Å². The van der Waals surface area contributed by atoms with E-state index >= 15 is 0 Å². The molecular weight excluding hydrogens is 407 g/mol. The van der Waals surface area contributed by atoms with Gasteiger partial charge in [-0.3, -0.25) is 4.68 Å². The van der Waals surface area contributed by atoms with Crippen LogP contribution in [-0.2, 0) is 6.54 Å². The Kier molecular flexibility index (Phi) is 5.20. The second kappa shape index (κ2) is 7.44. The summed E-state index contributed by atoms with van der Waals surface area (Å²) in [4.78, 5) is 3.97. The number of aliphatic hydroxyl groups excluding tert-OH is 1. The van der Waals surface area contributed by atoms with Gasteiger partial charge in [-0.2, -0.15) is 18.3 Å². The molecule has 4 aliphatic carbocycles. The molecule has 9 atom stereocenters. The summed E-state index contributed by atoms with van der Waals surface area (Å²) in [5, 5.41) is 25.4. The monoisotopic (exact) mass is 441 g/mol. The van der Waals surface area contributed by atoms with Gasteiger partial charge in [-0.15, -0.1) is 0 Å². The van der Waals surface area contributed by atoms with Crippen LogP contribution < -0.4 is 0 Å². The Hall–Kier alpha value is -1.15. The molecule has 4 fully saturated rings. The van der Waals surface area contributed by atoms with Gasteiger partial charge in [-0.25, -0.2) is 4.98 Å². The Morgan fingerprint density at radius 2 is 1.84 bits per heavy atom. The first-order chi connectivity index (χ1) is 14.6. The molecule has 5 nitrogen and oxygen atoms in total. The number of aliphatic hydroxyl groups is 2. The van der Waals surface area contributed by atoms with E-state index in [1.54, 1.807) is 11.0 Å². The van der Waals surface area contributed by atoms with E-state index in [1.165, 1.54) is 6.33 Å². The molecule has 31 heavy (non-hydrogen) atoms. The first-order valence-electron chi connectivity index (χ1n) is 11.9. The highest BCUT2D eigenvalue weighted by Crippen LogP contribution is 2.65. The van der Waals surface area contributed by atoms with E-state index < -0.39 is 17.9 Å². The summed E-state index contributed by atoms with van der Waals surface area (Å²) in [6.07, 6.45) is 4.29. The van der Waals surface area contributed by atoms with Crippen LogP contribution in [0.2, 0.25) is 0 Å². The van der Waals surface area contributed by atoms with Crippen LogP contribution in [0, 0.1) is 40.9 Å². The lowest BCUT2D eigenvalue weighted by atomic mass is 9.48. The molecule has 4 aliphatic rings. The molecule has 0 aliphatic heterocycles. The third-order valence-electron chi connectivity index (χ3n) is 9.92. The average molecular weight is 442 g/mol. The van der Waals surface area contributed by atoms with Crippen LogP contribution in [0.25, 0.3) is 0 Å². The fourth-order valence-electron chi connectivity index (χ4n) is 8.45. The molecule has 4 saturated carbocycles. The smallest absolute Gasteiger partial charge is 0.391 e. The van der Waals surface area contributed by atoms with Crippen molar-refractivity contribution in [2.75, 3.05) is 0 Å². The van der Waals surface area contributed by atoms with Gasteiger partial charge in [0.25, 0.3) is 0 Å². The molecule has 1 aromatic heterocycles. The van der Waals surface area contributed by atoms with Crippen molar-refractivity contribution in [3.05, 3.63) is 12.7 Å². The van der Waals surface area contributed by atoms with Crippen molar-refractivity contribution in [1.82, 2.24) is 14.8 Å². The topological polar surface area (TPSA) is 71.2 Å². The van der Waals surface area contributed by atoms with Gasteiger partial charge >= 0.3 is 6.18 Å². The first-order valence-corrected chi connectivity index (χ1v) is 11.9. The van der Waals surface area contributed by atoms with Gasteiger partial charge in [0, 0.05) is 0 Å². The minimum absolute atomic E-state index is 0.0129. The lowest BCUT2D eigenvalue weighted by molar-refractivity contribution is -0.282. The highest BCUT2D eigenvalue weighted by molar-refractivity contribution is 5.08. The van der Waals surface area contributed by atoms with E-state index in [9.17, 15) is 23.4 Å². The fraction of sp³-hybridized carbons (Fsp3) is 0.913. The number of hydrogen-bond donors (Lipinski definition) is 2. The predicted molar refractivity (Wildman–Crippen MR) is 108 cm³/mol. The molecule has 0 bridgehead atoms. The van der Waals surface area contributed by atoms with Crippen molar-refractivity contribution in [1.29, 1.82) is 0 Å². The summed E-state index contributed by atoms with van der Waals surface area (Å²) in [7, 11) is 0. The molecule has 5 rings (SSSR count). The zero-order valence-corrected chi connectivity index (χ0v) is 18.1. The van der Waals surface area contributed by atoms with Gasteiger partial charge in [-0.1, -0.05) is 6.92 Å². The number of halogens is 3. The van der Waals surface area contributed by atoms with Crippen molar-refractivity contribution >= 4 is 0 Å². The summed E-state index contributed by atoms with van der Waals surface area (Å²) in [5.41, 5.74) is -2.41. The predicted octanol–water partition coefficient (Wildman–Crippen LogP) is 4.20. The third kappa shape index (κ3) is 3.43. The van der Waals surface area contributed by atoms with Gasteiger partial charge in [0.2, 0.25) is 0 Å². The molecule has 2 N–H and O–H groups in total. The number of hydrogen-bond acceptors (Lipinski definition) is 4. The Bertz CT molecular complexity index is 788. The Balaban J connectivity index is 1.30. The van der Waals surface area contributed by atoms with Gasteiger partial charge in [0.1, 0.15) is 12.7 Å². The maximum absolute atomic E-state index is 13.4. The average Bonchev–Trinajstić information content (AvgIpc) is 3.33. The second-order valence-corrected chi connectivity index (χ2v) is 11.1. The molecular formula is C23H34F3N3O2. The normalized spacial score (nSPS) is 46.1. The largest absolute Gasteiger partial charge is 0.417 e. The van der Waals surface area contributed by atoms with Gasteiger partial charge in [-0.05, 0) is 98.7 Å². The van der Waals surface area contributed by atoms with Gasteiger partial charge in [0.15, 0.2) is 5.60 Å². The van der Waals surface area contributed by atoms with E-state index in [0.29, 0.717) is 36.6 Å². The van der Waals surface area contributed by atoms with Crippen molar-refractivity contribution in [3.63, 3.8) is 0 Å². The standard InChI is InChI=1S/C23H34F3N3O2/c1-21-8-6-16-15-7-9-22(31,23(24,25)26)10-14(15)2-3-17(16)18(21)4-5-19(21)20(30)11-29-13-27-12-28-29/h12-20,30-31H,2-11H2,1H3/t14-,15+,16-,17-,18+,19-,20?,21+,22-/m1/s1. The molecule has 0 spiro atoms. The summed E-state index contributed by atoms with van der Waals surface area (Å²) < 4.78 is 41.9. The first kappa shape index (κ1) is 21.7. The number of nitrogens with zero attached hydrogens (tertiary/aromatic N) is 3. The van der Waals surface area contributed by atoms with Crippen LogP contribution in [0.4, 0.5) is 13.2 Å². The summed E-state index contributed by atoms with van der Waals surface area (Å²) in [6, 6.07) is 0. The van der Waals surface area contributed by atoms with Crippen LogP contribution >= 0.6 is 0 Å².